The summed E-state index contributed by atoms with van der Waals surface area (Å²) in [6.45, 7) is 1.73. The van der Waals surface area contributed by atoms with E-state index in [-0.39, 0.29) is 0 Å². The van der Waals surface area contributed by atoms with Gasteiger partial charge in [0.25, 0.3) is 0 Å². The second kappa shape index (κ2) is 7.96. The Balaban J connectivity index is 2.02. The van der Waals surface area contributed by atoms with Crippen molar-refractivity contribution in [3.05, 3.63) is 42.5 Å². The molecule has 22 heavy (non-hydrogen) atoms. The van der Waals surface area contributed by atoms with Crippen LogP contribution >= 0.6 is 11.8 Å². The summed E-state index contributed by atoms with van der Waals surface area (Å²) in [5.74, 6) is 0.904. The Labute approximate surface area is 136 Å². The molecule has 0 saturated heterocycles. The fraction of sp³-hybridized carbons (Fsp3) is 0.294. The second-order valence-electron chi connectivity index (χ2n) is 5.34. The standard InChI is InChI=1S/C17H23N3OS/c1-20(2)10-5-11-21-16-6-3-4-7-17(16)22-13-8-9-14(18)15(19)12-13/h3-4,6-9,12H,5,10-11,18-19H2,1-2H3. The maximum atomic E-state index is 5.91. The van der Waals surface area contributed by atoms with Crippen LogP contribution in [0.15, 0.2) is 52.3 Å². The van der Waals surface area contributed by atoms with Crippen molar-refractivity contribution in [3.8, 4) is 5.75 Å². The average molecular weight is 317 g/mol. The highest BCUT2D eigenvalue weighted by Gasteiger charge is 2.06. The zero-order chi connectivity index (χ0) is 15.9. The van der Waals surface area contributed by atoms with E-state index in [1.807, 2.05) is 36.4 Å². The van der Waals surface area contributed by atoms with Gasteiger partial charge in [0.2, 0.25) is 0 Å². The van der Waals surface area contributed by atoms with Gasteiger partial charge in [-0.25, -0.2) is 0 Å². The third-order valence-corrected chi connectivity index (χ3v) is 4.19. The Morgan fingerprint density at radius 1 is 1.05 bits per heavy atom. The van der Waals surface area contributed by atoms with Crippen LogP contribution in [0.2, 0.25) is 0 Å². The Kier molecular flexibility index (Phi) is 5.98. The molecule has 0 aliphatic rings. The van der Waals surface area contributed by atoms with E-state index in [1.165, 1.54) is 0 Å². The van der Waals surface area contributed by atoms with E-state index in [0.29, 0.717) is 18.0 Å². The summed E-state index contributed by atoms with van der Waals surface area (Å²) in [5, 5.41) is 0. The highest BCUT2D eigenvalue weighted by atomic mass is 32.2. The van der Waals surface area contributed by atoms with Gasteiger partial charge in [-0.3, -0.25) is 0 Å². The smallest absolute Gasteiger partial charge is 0.133 e. The Bertz CT molecular complexity index is 617. The normalized spacial score (nSPS) is 10.9. The molecule has 0 saturated carbocycles. The molecule has 2 aromatic rings. The largest absolute Gasteiger partial charge is 0.492 e. The number of nitrogens with zero attached hydrogens (tertiary/aromatic N) is 1. The number of ether oxygens (including phenoxy) is 1. The molecule has 0 bridgehead atoms. The average Bonchev–Trinajstić information content (AvgIpc) is 2.49. The van der Waals surface area contributed by atoms with Crippen molar-refractivity contribution in [3.63, 3.8) is 0 Å². The summed E-state index contributed by atoms with van der Waals surface area (Å²) in [6, 6.07) is 13.7. The van der Waals surface area contributed by atoms with E-state index in [1.54, 1.807) is 11.8 Å². The van der Waals surface area contributed by atoms with Gasteiger partial charge in [0.15, 0.2) is 0 Å². The van der Waals surface area contributed by atoms with Crippen LogP contribution in [0.5, 0.6) is 5.75 Å². The first-order chi connectivity index (χ1) is 10.6. The summed E-state index contributed by atoms with van der Waals surface area (Å²) in [7, 11) is 4.13. The summed E-state index contributed by atoms with van der Waals surface area (Å²) >= 11 is 1.63. The first-order valence-electron chi connectivity index (χ1n) is 7.25. The molecular formula is C17H23N3OS. The van der Waals surface area contributed by atoms with E-state index in [9.17, 15) is 0 Å². The maximum absolute atomic E-state index is 5.91. The van der Waals surface area contributed by atoms with E-state index in [4.69, 9.17) is 16.2 Å². The van der Waals surface area contributed by atoms with Crippen LogP contribution in [0.3, 0.4) is 0 Å². The predicted molar refractivity (Wildman–Crippen MR) is 94.5 cm³/mol. The number of benzene rings is 2. The summed E-state index contributed by atoms with van der Waals surface area (Å²) in [6.07, 6.45) is 1.00. The van der Waals surface area contributed by atoms with E-state index >= 15 is 0 Å². The van der Waals surface area contributed by atoms with Gasteiger partial charge < -0.3 is 21.1 Å². The molecule has 0 radical (unpaired) electrons. The van der Waals surface area contributed by atoms with E-state index in [0.717, 1.165) is 28.5 Å². The molecule has 0 aliphatic heterocycles. The van der Waals surface area contributed by atoms with Crippen molar-refractivity contribution in [2.24, 2.45) is 0 Å². The second-order valence-corrected chi connectivity index (χ2v) is 6.46. The monoisotopic (exact) mass is 317 g/mol. The van der Waals surface area contributed by atoms with Gasteiger partial charge in [-0.2, -0.15) is 0 Å². The number of para-hydroxylation sites is 1. The fourth-order valence-corrected chi connectivity index (χ4v) is 2.91. The van der Waals surface area contributed by atoms with Gasteiger partial charge in [0.1, 0.15) is 5.75 Å². The first-order valence-corrected chi connectivity index (χ1v) is 8.07. The molecule has 4 N–H and O–H groups in total. The van der Waals surface area contributed by atoms with Crippen molar-refractivity contribution in [1.29, 1.82) is 0 Å². The van der Waals surface area contributed by atoms with Gasteiger partial charge in [-0.05, 0) is 50.8 Å². The molecule has 0 heterocycles. The van der Waals surface area contributed by atoms with Gasteiger partial charge >= 0.3 is 0 Å². The number of nitrogens with two attached hydrogens (primary N) is 2. The van der Waals surface area contributed by atoms with Crippen LogP contribution < -0.4 is 16.2 Å². The molecule has 0 spiro atoms. The molecule has 0 atom stereocenters. The lowest BCUT2D eigenvalue weighted by Crippen LogP contribution is -2.15. The highest BCUT2D eigenvalue weighted by Crippen LogP contribution is 2.36. The van der Waals surface area contributed by atoms with Gasteiger partial charge in [0, 0.05) is 11.4 Å². The number of rotatable bonds is 7. The molecule has 118 valence electrons. The van der Waals surface area contributed by atoms with Crippen LogP contribution in [0, 0.1) is 0 Å². The van der Waals surface area contributed by atoms with Crippen molar-refractivity contribution < 1.29 is 4.74 Å². The predicted octanol–water partition coefficient (Wildman–Crippen LogP) is 3.33. The third-order valence-electron chi connectivity index (χ3n) is 3.14. The zero-order valence-corrected chi connectivity index (χ0v) is 13.9. The molecule has 0 amide bonds. The molecule has 2 aromatic carbocycles. The van der Waals surface area contributed by atoms with Gasteiger partial charge in [-0.15, -0.1) is 0 Å². The van der Waals surface area contributed by atoms with E-state index < -0.39 is 0 Å². The van der Waals surface area contributed by atoms with Crippen molar-refractivity contribution in [2.75, 3.05) is 38.7 Å². The van der Waals surface area contributed by atoms with Crippen LogP contribution in [0.1, 0.15) is 6.42 Å². The van der Waals surface area contributed by atoms with Crippen LogP contribution in [0.25, 0.3) is 0 Å². The van der Waals surface area contributed by atoms with Crippen molar-refractivity contribution in [1.82, 2.24) is 4.90 Å². The minimum Gasteiger partial charge on any atom is -0.492 e. The molecule has 0 aliphatic carbocycles. The summed E-state index contributed by atoms with van der Waals surface area (Å²) < 4.78 is 5.91. The fourth-order valence-electron chi connectivity index (χ4n) is 1.96. The molecule has 4 nitrogen and oxygen atoms in total. The lowest BCUT2D eigenvalue weighted by molar-refractivity contribution is 0.276. The van der Waals surface area contributed by atoms with Crippen LogP contribution in [0.4, 0.5) is 11.4 Å². The number of anilines is 2. The minimum absolute atomic E-state index is 0.606. The maximum Gasteiger partial charge on any atom is 0.133 e. The lowest BCUT2D eigenvalue weighted by Gasteiger charge is -2.13. The topological polar surface area (TPSA) is 64.5 Å². The molecule has 0 aromatic heterocycles. The minimum atomic E-state index is 0.606. The Morgan fingerprint density at radius 3 is 2.55 bits per heavy atom. The highest BCUT2D eigenvalue weighted by molar-refractivity contribution is 7.99. The van der Waals surface area contributed by atoms with Gasteiger partial charge in [0.05, 0.1) is 22.9 Å². The van der Waals surface area contributed by atoms with Crippen LogP contribution in [-0.2, 0) is 0 Å². The Hall–Kier alpha value is -1.85. The number of hydrogen-bond acceptors (Lipinski definition) is 5. The first kappa shape index (κ1) is 16.5. The third kappa shape index (κ3) is 4.86. The Morgan fingerprint density at radius 2 is 1.82 bits per heavy atom. The van der Waals surface area contributed by atoms with Gasteiger partial charge in [-0.1, -0.05) is 23.9 Å². The number of hydrogen-bond donors (Lipinski definition) is 2. The quantitative estimate of drug-likeness (QED) is 0.606. The summed E-state index contributed by atoms with van der Waals surface area (Å²) in [4.78, 5) is 4.29. The summed E-state index contributed by atoms with van der Waals surface area (Å²) in [5.41, 5.74) is 12.8. The molecule has 2 rings (SSSR count). The van der Waals surface area contributed by atoms with E-state index in [2.05, 4.69) is 25.1 Å². The van der Waals surface area contributed by atoms with Crippen LogP contribution in [-0.4, -0.2) is 32.1 Å². The zero-order valence-electron chi connectivity index (χ0n) is 13.1. The lowest BCUT2D eigenvalue weighted by atomic mass is 10.3. The molecular weight excluding hydrogens is 294 g/mol. The number of nitrogen functional groups attached to an aromatic ring is 2. The SMILES string of the molecule is CN(C)CCCOc1ccccc1Sc1ccc(N)c(N)c1. The molecule has 0 unspecified atom stereocenters. The van der Waals surface area contributed by atoms with Crippen molar-refractivity contribution >= 4 is 23.1 Å². The molecule has 0 fully saturated rings. The molecule has 5 heteroatoms. The van der Waals surface area contributed by atoms with Crippen molar-refractivity contribution in [2.45, 2.75) is 16.2 Å².